The van der Waals surface area contributed by atoms with E-state index in [1.54, 1.807) is 0 Å². The van der Waals surface area contributed by atoms with E-state index < -0.39 is 0 Å². The Morgan fingerprint density at radius 3 is 1.37 bits per heavy atom. The third kappa shape index (κ3) is 2.11. The van der Waals surface area contributed by atoms with Gasteiger partial charge in [-0.3, -0.25) is 0 Å². The first kappa shape index (κ1) is 16.4. The fraction of sp³-hybridized carbons (Fsp3) is 0.133. The van der Waals surface area contributed by atoms with Crippen molar-refractivity contribution in [1.29, 1.82) is 0 Å². The minimum atomic E-state index is 0.495. The highest BCUT2D eigenvalue weighted by Crippen LogP contribution is 2.51. The van der Waals surface area contributed by atoms with Gasteiger partial charge < -0.3 is 0 Å². The van der Waals surface area contributed by atoms with Crippen LogP contribution in [0.5, 0.6) is 0 Å². The standard InChI is InChI=1S/C30H22/c1-3-11-23-21(9-1)22-10-2-4-12-24(22)25(23)17-18-26-27-13-5-7-19-15-16-20-8-6-14-28(26)30(20)29(19)27/h1-16,25-26H,17-18H2. The van der Waals surface area contributed by atoms with E-state index in [-0.39, 0.29) is 0 Å². The molecule has 7 rings (SSSR count). The summed E-state index contributed by atoms with van der Waals surface area (Å²) >= 11 is 0. The van der Waals surface area contributed by atoms with Crippen LogP contribution in [0.4, 0.5) is 0 Å². The van der Waals surface area contributed by atoms with Crippen LogP contribution in [0.3, 0.4) is 0 Å². The lowest BCUT2D eigenvalue weighted by atomic mass is 9.85. The molecule has 0 nitrogen and oxygen atoms in total. The monoisotopic (exact) mass is 382 g/mol. The summed E-state index contributed by atoms with van der Waals surface area (Å²) < 4.78 is 0. The van der Waals surface area contributed by atoms with Crippen molar-refractivity contribution in [1.82, 2.24) is 0 Å². The molecule has 0 heteroatoms. The van der Waals surface area contributed by atoms with Crippen LogP contribution in [0.25, 0.3) is 32.7 Å². The van der Waals surface area contributed by atoms with Gasteiger partial charge in [0.05, 0.1) is 0 Å². The summed E-state index contributed by atoms with van der Waals surface area (Å²) in [6, 6.07) is 36.3. The first-order valence-electron chi connectivity index (χ1n) is 11.0. The van der Waals surface area contributed by atoms with Gasteiger partial charge in [-0.05, 0) is 67.8 Å². The third-order valence-electron chi connectivity index (χ3n) is 7.41. The second-order valence-corrected chi connectivity index (χ2v) is 8.81. The van der Waals surface area contributed by atoms with Gasteiger partial charge in [0.25, 0.3) is 0 Å². The van der Waals surface area contributed by atoms with Crippen molar-refractivity contribution in [3.63, 3.8) is 0 Å². The molecule has 0 saturated carbocycles. The van der Waals surface area contributed by atoms with Crippen LogP contribution in [0, 0.1) is 0 Å². The largest absolute Gasteiger partial charge is 0.0619 e. The zero-order valence-electron chi connectivity index (χ0n) is 16.8. The molecule has 142 valence electrons. The molecule has 2 aliphatic rings. The average molecular weight is 383 g/mol. The van der Waals surface area contributed by atoms with Crippen LogP contribution in [0.15, 0.2) is 97.1 Å². The topological polar surface area (TPSA) is 0 Å². The highest BCUT2D eigenvalue weighted by molar-refractivity contribution is 6.14. The fourth-order valence-electron chi connectivity index (χ4n) is 6.18. The Morgan fingerprint density at radius 1 is 0.400 bits per heavy atom. The maximum absolute atomic E-state index is 2.36. The molecule has 0 bridgehead atoms. The number of hydrogen-bond acceptors (Lipinski definition) is 0. The van der Waals surface area contributed by atoms with Gasteiger partial charge in [0.1, 0.15) is 0 Å². The lowest BCUT2D eigenvalue weighted by molar-refractivity contribution is 0.627. The molecule has 0 N–H and O–H groups in total. The highest BCUT2D eigenvalue weighted by Gasteiger charge is 2.31. The maximum atomic E-state index is 2.36. The van der Waals surface area contributed by atoms with E-state index in [9.17, 15) is 0 Å². The van der Waals surface area contributed by atoms with Crippen molar-refractivity contribution >= 4 is 21.5 Å². The molecule has 0 spiro atoms. The summed E-state index contributed by atoms with van der Waals surface area (Å²) in [5.74, 6) is 0.995. The molecular formula is C30H22. The molecule has 0 saturated heterocycles. The van der Waals surface area contributed by atoms with E-state index in [0.717, 1.165) is 0 Å². The second-order valence-electron chi connectivity index (χ2n) is 8.81. The van der Waals surface area contributed by atoms with Crippen LogP contribution in [-0.4, -0.2) is 0 Å². The van der Waals surface area contributed by atoms with Crippen molar-refractivity contribution in [2.75, 3.05) is 0 Å². The van der Waals surface area contributed by atoms with Crippen LogP contribution in [0.1, 0.15) is 46.9 Å². The van der Waals surface area contributed by atoms with E-state index in [4.69, 9.17) is 0 Å². The molecule has 0 heterocycles. The minimum Gasteiger partial charge on any atom is -0.0619 e. The van der Waals surface area contributed by atoms with Crippen molar-refractivity contribution in [2.45, 2.75) is 24.7 Å². The predicted octanol–water partition coefficient (Wildman–Crippen LogP) is 8.03. The van der Waals surface area contributed by atoms with E-state index in [0.29, 0.717) is 11.8 Å². The van der Waals surface area contributed by atoms with E-state index in [2.05, 4.69) is 97.1 Å². The Balaban J connectivity index is 1.32. The zero-order valence-corrected chi connectivity index (χ0v) is 16.8. The van der Waals surface area contributed by atoms with Gasteiger partial charge in [0.15, 0.2) is 0 Å². The van der Waals surface area contributed by atoms with Gasteiger partial charge in [0, 0.05) is 11.8 Å². The van der Waals surface area contributed by atoms with Gasteiger partial charge in [-0.2, -0.15) is 0 Å². The summed E-state index contributed by atoms with van der Waals surface area (Å²) in [5, 5.41) is 5.74. The molecule has 0 atom stereocenters. The van der Waals surface area contributed by atoms with E-state index >= 15 is 0 Å². The second kappa shape index (κ2) is 6.06. The molecule has 2 aliphatic carbocycles. The Bertz CT molecular complexity index is 1350. The van der Waals surface area contributed by atoms with Crippen molar-refractivity contribution in [3.05, 3.63) is 119 Å². The summed E-state index contributed by atoms with van der Waals surface area (Å²) in [5.41, 5.74) is 8.92. The maximum Gasteiger partial charge on any atom is 0.0102 e. The molecule has 0 radical (unpaired) electrons. The first-order chi connectivity index (χ1) is 14.9. The molecule has 5 aromatic carbocycles. The Morgan fingerprint density at radius 2 is 0.833 bits per heavy atom. The average Bonchev–Trinajstić information content (AvgIpc) is 3.30. The highest BCUT2D eigenvalue weighted by atomic mass is 14.3. The number of benzene rings is 5. The Labute approximate surface area is 176 Å². The van der Waals surface area contributed by atoms with Gasteiger partial charge in [-0.15, -0.1) is 0 Å². The van der Waals surface area contributed by atoms with E-state index in [1.165, 1.54) is 67.8 Å². The Hall–Kier alpha value is -3.38. The SMILES string of the molecule is c1ccc2c(c1)-c1ccccc1C2CCC1c2cccc3ccc4cccc1c4c23. The van der Waals surface area contributed by atoms with Crippen LogP contribution < -0.4 is 0 Å². The summed E-state index contributed by atoms with van der Waals surface area (Å²) in [7, 11) is 0. The van der Waals surface area contributed by atoms with Crippen molar-refractivity contribution < 1.29 is 0 Å². The van der Waals surface area contributed by atoms with Gasteiger partial charge in [0.2, 0.25) is 0 Å². The molecule has 30 heavy (non-hydrogen) atoms. The Kier molecular flexibility index (Phi) is 3.32. The van der Waals surface area contributed by atoms with Crippen LogP contribution in [-0.2, 0) is 0 Å². The number of rotatable bonds is 3. The molecular weight excluding hydrogens is 360 g/mol. The number of hydrogen-bond donors (Lipinski definition) is 0. The lowest BCUT2D eigenvalue weighted by Gasteiger charge is -2.19. The van der Waals surface area contributed by atoms with Crippen molar-refractivity contribution in [3.8, 4) is 11.1 Å². The third-order valence-corrected chi connectivity index (χ3v) is 7.41. The smallest absolute Gasteiger partial charge is 0.0102 e. The molecule has 0 unspecified atom stereocenters. The minimum absolute atomic E-state index is 0.495. The zero-order chi connectivity index (χ0) is 19.7. The quantitative estimate of drug-likeness (QED) is 0.277. The molecule has 0 aliphatic heterocycles. The van der Waals surface area contributed by atoms with Gasteiger partial charge in [-0.1, -0.05) is 97.1 Å². The van der Waals surface area contributed by atoms with Crippen molar-refractivity contribution in [2.24, 2.45) is 0 Å². The first-order valence-corrected chi connectivity index (χ1v) is 11.0. The lowest BCUT2D eigenvalue weighted by Crippen LogP contribution is -2.03. The van der Waals surface area contributed by atoms with Gasteiger partial charge in [-0.25, -0.2) is 0 Å². The molecule has 5 aromatic rings. The van der Waals surface area contributed by atoms with E-state index in [1.807, 2.05) is 0 Å². The summed E-state index contributed by atoms with van der Waals surface area (Å²) in [6.45, 7) is 0. The molecule has 0 aromatic heterocycles. The summed E-state index contributed by atoms with van der Waals surface area (Å²) in [4.78, 5) is 0. The summed E-state index contributed by atoms with van der Waals surface area (Å²) in [6.07, 6.45) is 2.36. The molecule has 0 amide bonds. The van der Waals surface area contributed by atoms with Gasteiger partial charge >= 0.3 is 0 Å². The van der Waals surface area contributed by atoms with Crippen LogP contribution in [0.2, 0.25) is 0 Å². The van der Waals surface area contributed by atoms with Crippen LogP contribution >= 0.6 is 0 Å². The number of fused-ring (bicyclic) bond motifs is 3. The predicted molar refractivity (Wildman–Crippen MR) is 126 cm³/mol. The fourth-order valence-corrected chi connectivity index (χ4v) is 6.18. The molecule has 0 fully saturated rings. The normalized spacial score (nSPS) is 14.7.